The van der Waals surface area contributed by atoms with Crippen LogP contribution >= 0.6 is 0 Å². The molecule has 2 heterocycles. The van der Waals surface area contributed by atoms with Crippen LogP contribution in [0.15, 0.2) is 47.1 Å². The Kier molecular flexibility index (Phi) is 5.24. The second kappa shape index (κ2) is 7.41. The minimum atomic E-state index is -3.02. The molecule has 0 spiro atoms. The van der Waals surface area contributed by atoms with Gasteiger partial charge in [0.1, 0.15) is 5.76 Å². The van der Waals surface area contributed by atoms with Gasteiger partial charge >= 0.3 is 0 Å². The topological polar surface area (TPSA) is 79.6 Å². The van der Waals surface area contributed by atoms with Gasteiger partial charge in [0.2, 0.25) is 5.91 Å². The van der Waals surface area contributed by atoms with Gasteiger partial charge in [0.15, 0.2) is 9.84 Å². The van der Waals surface area contributed by atoms with E-state index < -0.39 is 9.84 Å². The third-order valence-electron chi connectivity index (χ3n) is 4.31. The Morgan fingerprint density at radius 2 is 2.16 bits per heavy atom. The van der Waals surface area contributed by atoms with E-state index in [9.17, 15) is 13.2 Å². The molecular weight excluding hydrogens is 340 g/mol. The number of hydrogen-bond donors (Lipinski definition) is 1. The number of anilines is 1. The zero-order valence-electron chi connectivity index (χ0n) is 14.1. The van der Waals surface area contributed by atoms with Crippen molar-refractivity contribution in [1.82, 2.24) is 4.90 Å². The second-order valence-corrected chi connectivity index (χ2v) is 8.69. The van der Waals surface area contributed by atoms with E-state index >= 15 is 0 Å². The number of furan rings is 1. The van der Waals surface area contributed by atoms with Gasteiger partial charge in [0.05, 0.1) is 30.9 Å². The molecule has 1 unspecified atom stereocenters. The van der Waals surface area contributed by atoms with Crippen LogP contribution in [0, 0.1) is 6.92 Å². The van der Waals surface area contributed by atoms with Gasteiger partial charge in [-0.25, -0.2) is 8.42 Å². The molecule has 25 heavy (non-hydrogen) atoms. The Bertz CT molecular complexity index is 831. The van der Waals surface area contributed by atoms with Crippen molar-refractivity contribution in [3.8, 4) is 0 Å². The summed E-state index contributed by atoms with van der Waals surface area (Å²) in [6.07, 6.45) is 2.12. The van der Waals surface area contributed by atoms with Gasteiger partial charge in [0.25, 0.3) is 0 Å². The second-order valence-electron chi connectivity index (χ2n) is 6.46. The maximum absolute atomic E-state index is 12.4. The van der Waals surface area contributed by atoms with Gasteiger partial charge in [-0.05, 0) is 43.2 Å². The molecule has 7 heteroatoms. The lowest BCUT2D eigenvalue weighted by atomic mass is 10.2. The molecular formula is C18H22N2O4S. The highest BCUT2D eigenvalue weighted by Crippen LogP contribution is 2.20. The number of hydrogen-bond acceptors (Lipinski definition) is 5. The van der Waals surface area contributed by atoms with Crippen LogP contribution < -0.4 is 5.32 Å². The summed E-state index contributed by atoms with van der Waals surface area (Å²) >= 11 is 0. The Morgan fingerprint density at radius 3 is 2.80 bits per heavy atom. The van der Waals surface area contributed by atoms with E-state index in [1.54, 1.807) is 12.3 Å². The van der Waals surface area contributed by atoms with Crippen molar-refractivity contribution in [2.75, 3.05) is 23.4 Å². The molecule has 1 N–H and O–H groups in total. The molecule has 1 aromatic heterocycles. The van der Waals surface area contributed by atoms with Crippen molar-refractivity contribution < 1.29 is 17.6 Å². The monoisotopic (exact) mass is 362 g/mol. The summed E-state index contributed by atoms with van der Waals surface area (Å²) in [6.45, 7) is 2.49. The molecule has 1 aliphatic heterocycles. The standard InChI is InChI=1S/C18H22N2O4S/c1-14-4-2-5-15(10-14)19-18(21)12-20(11-17-6-3-8-24-17)16-7-9-25(22,23)13-16/h2-6,8,10,16H,7,9,11-13H2,1H3,(H,19,21). The third-order valence-corrected chi connectivity index (χ3v) is 6.06. The van der Waals surface area contributed by atoms with Crippen molar-refractivity contribution in [3.05, 3.63) is 54.0 Å². The Balaban J connectivity index is 1.69. The minimum absolute atomic E-state index is 0.0887. The molecule has 134 valence electrons. The molecule has 1 saturated heterocycles. The van der Waals surface area contributed by atoms with Crippen molar-refractivity contribution in [2.45, 2.75) is 25.9 Å². The highest BCUT2D eigenvalue weighted by atomic mass is 32.2. The first-order chi connectivity index (χ1) is 11.9. The number of nitrogens with one attached hydrogen (secondary N) is 1. The van der Waals surface area contributed by atoms with Crippen LogP contribution in [0.25, 0.3) is 0 Å². The van der Waals surface area contributed by atoms with E-state index in [1.807, 2.05) is 42.2 Å². The maximum atomic E-state index is 12.4. The van der Waals surface area contributed by atoms with Gasteiger partial charge in [-0.3, -0.25) is 9.69 Å². The molecule has 1 aliphatic rings. The minimum Gasteiger partial charge on any atom is -0.468 e. The van der Waals surface area contributed by atoms with E-state index in [0.29, 0.717) is 18.7 Å². The largest absolute Gasteiger partial charge is 0.468 e. The molecule has 1 atom stereocenters. The van der Waals surface area contributed by atoms with Crippen LogP contribution in [0.3, 0.4) is 0 Å². The molecule has 6 nitrogen and oxygen atoms in total. The third kappa shape index (κ3) is 4.93. The van der Waals surface area contributed by atoms with Crippen molar-refractivity contribution in [1.29, 1.82) is 0 Å². The van der Waals surface area contributed by atoms with E-state index in [4.69, 9.17) is 4.42 Å². The van der Waals surface area contributed by atoms with E-state index in [1.165, 1.54) is 0 Å². The van der Waals surface area contributed by atoms with Gasteiger partial charge < -0.3 is 9.73 Å². The summed E-state index contributed by atoms with van der Waals surface area (Å²) in [6, 6.07) is 11.0. The molecule has 3 rings (SSSR count). The predicted molar refractivity (Wildman–Crippen MR) is 96.0 cm³/mol. The van der Waals surface area contributed by atoms with Gasteiger partial charge in [-0.1, -0.05) is 12.1 Å². The van der Waals surface area contributed by atoms with E-state index in [-0.39, 0.29) is 30.0 Å². The van der Waals surface area contributed by atoms with Gasteiger partial charge in [0, 0.05) is 11.7 Å². The van der Waals surface area contributed by atoms with Crippen LogP contribution in [0.5, 0.6) is 0 Å². The predicted octanol–water partition coefficient (Wildman–Crippen LogP) is 2.22. The molecule has 0 radical (unpaired) electrons. The average Bonchev–Trinajstić information content (AvgIpc) is 3.16. The molecule has 0 aliphatic carbocycles. The lowest BCUT2D eigenvalue weighted by Gasteiger charge is -2.26. The summed E-state index contributed by atoms with van der Waals surface area (Å²) in [7, 11) is -3.02. The molecule has 1 aromatic carbocycles. The number of carbonyl (C=O) groups is 1. The number of amides is 1. The number of benzene rings is 1. The number of rotatable bonds is 6. The molecule has 2 aromatic rings. The molecule has 0 saturated carbocycles. The summed E-state index contributed by atoms with van der Waals surface area (Å²) in [5.74, 6) is 0.811. The highest BCUT2D eigenvalue weighted by molar-refractivity contribution is 7.91. The van der Waals surface area contributed by atoms with Gasteiger partial charge in [-0.15, -0.1) is 0 Å². The van der Waals surface area contributed by atoms with Crippen LogP contribution in [-0.2, 0) is 21.2 Å². The Morgan fingerprint density at radius 1 is 1.32 bits per heavy atom. The summed E-state index contributed by atoms with van der Waals surface area (Å²) in [5, 5.41) is 2.88. The van der Waals surface area contributed by atoms with Gasteiger partial charge in [-0.2, -0.15) is 0 Å². The number of carbonyl (C=O) groups excluding carboxylic acids is 1. The Labute approximate surface area is 147 Å². The summed E-state index contributed by atoms with van der Waals surface area (Å²) in [5.41, 5.74) is 1.80. The number of sulfone groups is 1. The van der Waals surface area contributed by atoms with Crippen molar-refractivity contribution >= 4 is 21.4 Å². The number of aryl methyl sites for hydroxylation is 1. The average molecular weight is 362 g/mol. The zero-order valence-corrected chi connectivity index (χ0v) is 15.0. The van der Waals surface area contributed by atoms with E-state index in [0.717, 1.165) is 11.3 Å². The van der Waals surface area contributed by atoms with Crippen LogP contribution in [0.2, 0.25) is 0 Å². The smallest absolute Gasteiger partial charge is 0.238 e. The quantitative estimate of drug-likeness (QED) is 0.852. The lowest BCUT2D eigenvalue weighted by molar-refractivity contribution is -0.118. The normalized spacial score (nSPS) is 19.2. The van der Waals surface area contributed by atoms with E-state index in [2.05, 4.69) is 5.32 Å². The molecule has 1 amide bonds. The van der Waals surface area contributed by atoms with Crippen LogP contribution in [0.4, 0.5) is 5.69 Å². The van der Waals surface area contributed by atoms with Crippen LogP contribution in [0.1, 0.15) is 17.7 Å². The lowest BCUT2D eigenvalue weighted by Crippen LogP contribution is -2.41. The Hall–Kier alpha value is -2.12. The zero-order chi connectivity index (χ0) is 17.9. The first-order valence-electron chi connectivity index (χ1n) is 8.25. The maximum Gasteiger partial charge on any atom is 0.238 e. The SMILES string of the molecule is Cc1cccc(NC(=O)CN(Cc2ccco2)C2CCS(=O)(=O)C2)c1. The fourth-order valence-electron chi connectivity index (χ4n) is 3.09. The fourth-order valence-corrected chi connectivity index (χ4v) is 4.85. The van der Waals surface area contributed by atoms with Crippen LogP contribution in [-0.4, -0.2) is 43.3 Å². The molecule has 0 bridgehead atoms. The molecule has 1 fully saturated rings. The summed E-state index contributed by atoms with van der Waals surface area (Å²) in [4.78, 5) is 14.3. The first-order valence-corrected chi connectivity index (χ1v) is 10.1. The number of nitrogens with zero attached hydrogens (tertiary/aromatic N) is 1. The first kappa shape index (κ1) is 17.7. The van der Waals surface area contributed by atoms with Crippen molar-refractivity contribution in [2.24, 2.45) is 0 Å². The summed E-state index contributed by atoms with van der Waals surface area (Å²) < 4.78 is 29.0. The van der Waals surface area contributed by atoms with Crippen molar-refractivity contribution in [3.63, 3.8) is 0 Å². The fraction of sp³-hybridized carbons (Fsp3) is 0.389. The highest BCUT2D eigenvalue weighted by Gasteiger charge is 2.33.